The van der Waals surface area contributed by atoms with E-state index in [1.165, 1.54) is 12.1 Å². The first-order valence-corrected chi connectivity index (χ1v) is 8.85. The van der Waals surface area contributed by atoms with E-state index in [0.717, 1.165) is 22.3 Å². The number of hydrogen-bond donors (Lipinski definition) is 1. The van der Waals surface area contributed by atoms with Gasteiger partial charge >= 0.3 is 12.6 Å². The molecule has 0 aromatic heterocycles. The summed E-state index contributed by atoms with van der Waals surface area (Å²) >= 11 is 0. The summed E-state index contributed by atoms with van der Waals surface area (Å²) in [6, 6.07) is 11.9. The number of amides is 1. The zero-order chi connectivity index (χ0) is 20.5. The van der Waals surface area contributed by atoms with Gasteiger partial charge in [-0.2, -0.15) is 8.78 Å². The molecule has 0 aliphatic rings. The van der Waals surface area contributed by atoms with Crippen LogP contribution in [0.5, 0.6) is 5.75 Å². The van der Waals surface area contributed by atoms with E-state index >= 15 is 0 Å². The molecule has 0 heterocycles. The molecule has 2 rings (SSSR count). The average Bonchev–Trinajstić information content (AvgIpc) is 2.64. The van der Waals surface area contributed by atoms with E-state index in [1.54, 1.807) is 12.1 Å². The highest BCUT2D eigenvalue weighted by Gasteiger charge is 2.09. The van der Waals surface area contributed by atoms with Crippen molar-refractivity contribution >= 4 is 11.9 Å². The van der Waals surface area contributed by atoms with Gasteiger partial charge in [0.2, 0.25) is 0 Å². The van der Waals surface area contributed by atoms with Gasteiger partial charge in [0.05, 0.1) is 6.42 Å². The van der Waals surface area contributed by atoms with Gasteiger partial charge < -0.3 is 14.8 Å². The lowest BCUT2D eigenvalue weighted by Gasteiger charge is -2.08. The molecule has 0 unspecified atom stereocenters. The van der Waals surface area contributed by atoms with Crippen molar-refractivity contribution in [3.63, 3.8) is 0 Å². The lowest BCUT2D eigenvalue weighted by molar-refractivity contribution is -0.147. The Kier molecular flexibility index (Phi) is 7.92. The largest absolute Gasteiger partial charge is 0.455 e. The van der Waals surface area contributed by atoms with E-state index in [9.17, 15) is 18.4 Å². The van der Waals surface area contributed by atoms with Gasteiger partial charge in [-0.3, -0.25) is 9.59 Å². The second-order valence-electron chi connectivity index (χ2n) is 6.38. The van der Waals surface area contributed by atoms with Crippen LogP contribution in [0.25, 0.3) is 0 Å². The molecule has 0 spiro atoms. The van der Waals surface area contributed by atoms with E-state index in [0.29, 0.717) is 13.0 Å². The van der Waals surface area contributed by atoms with Gasteiger partial charge in [-0.15, -0.1) is 0 Å². The summed E-state index contributed by atoms with van der Waals surface area (Å²) in [5.41, 5.74) is 3.94. The molecule has 2 aromatic carbocycles. The lowest BCUT2D eigenvalue weighted by atomic mass is 10.0. The van der Waals surface area contributed by atoms with Crippen molar-refractivity contribution in [2.45, 2.75) is 33.3 Å². The Bertz CT molecular complexity index is 807. The van der Waals surface area contributed by atoms with Crippen LogP contribution in [0.2, 0.25) is 0 Å². The Morgan fingerprint density at radius 1 is 1.00 bits per heavy atom. The predicted octanol–water partition coefficient (Wildman–Crippen LogP) is 3.35. The van der Waals surface area contributed by atoms with Crippen LogP contribution in [0.1, 0.15) is 22.3 Å². The summed E-state index contributed by atoms with van der Waals surface area (Å²) in [6.07, 6.45) is 0.624. The number of halogens is 2. The van der Waals surface area contributed by atoms with Gasteiger partial charge in [-0.05, 0) is 54.7 Å². The molecule has 0 aliphatic heterocycles. The third-order valence-corrected chi connectivity index (χ3v) is 4.17. The summed E-state index contributed by atoms with van der Waals surface area (Å²) < 4.78 is 33.4. The Hall–Kier alpha value is -2.96. The molecular formula is C21H23F2NO4. The number of hydrogen-bond acceptors (Lipinski definition) is 4. The van der Waals surface area contributed by atoms with Crippen molar-refractivity contribution in [2.75, 3.05) is 13.2 Å². The number of aryl methyl sites for hydroxylation is 2. The standard InChI is InChI=1S/C21H23F2NO4/c1-14-3-4-17(11-15(14)2)12-20(26)27-13-19(25)24-10-9-16-5-7-18(8-6-16)28-21(22)23/h3-8,11,21H,9-10,12-13H2,1-2H3,(H,24,25). The van der Waals surface area contributed by atoms with Gasteiger partial charge in [-0.25, -0.2) is 0 Å². The number of esters is 1. The van der Waals surface area contributed by atoms with Crippen molar-refractivity contribution in [2.24, 2.45) is 0 Å². The number of benzene rings is 2. The van der Waals surface area contributed by atoms with Crippen LogP contribution in [-0.4, -0.2) is 31.6 Å². The lowest BCUT2D eigenvalue weighted by Crippen LogP contribution is -2.30. The minimum atomic E-state index is -2.86. The summed E-state index contributed by atoms with van der Waals surface area (Å²) in [6.45, 7) is 1.10. The van der Waals surface area contributed by atoms with E-state index in [1.807, 2.05) is 32.0 Å². The van der Waals surface area contributed by atoms with Gasteiger partial charge in [0.25, 0.3) is 5.91 Å². The van der Waals surface area contributed by atoms with Crippen molar-refractivity contribution in [3.05, 3.63) is 64.7 Å². The minimum Gasteiger partial charge on any atom is -0.455 e. The third kappa shape index (κ3) is 7.34. The summed E-state index contributed by atoms with van der Waals surface area (Å²) in [7, 11) is 0. The van der Waals surface area contributed by atoms with E-state index in [2.05, 4.69) is 10.1 Å². The zero-order valence-corrected chi connectivity index (χ0v) is 15.8. The first-order valence-electron chi connectivity index (χ1n) is 8.85. The molecule has 7 heteroatoms. The van der Waals surface area contributed by atoms with Crippen molar-refractivity contribution < 1.29 is 27.8 Å². The number of rotatable bonds is 9. The molecule has 0 bridgehead atoms. The first kappa shape index (κ1) is 21.3. The van der Waals surface area contributed by atoms with Gasteiger partial charge in [0.1, 0.15) is 5.75 Å². The highest BCUT2D eigenvalue weighted by Crippen LogP contribution is 2.15. The average molecular weight is 391 g/mol. The zero-order valence-electron chi connectivity index (χ0n) is 15.8. The molecule has 28 heavy (non-hydrogen) atoms. The second-order valence-corrected chi connectivity index (χ2v) is 6.38. The summed E-state index contributed by atoms with van der Waals surface area (Å²) in [5, 5.41) is 2.65. The Morgan fingerprint density at radius 3 is 2.32 bits per heavy atom. The van der Waals surface area contributed by atoms with Crippen LogP contribution >= 0.6 is 0 Å². The number of alkyl halides is 2. The third-order valence-electron chi connectivity index (χ3n) is 4.17. The van der Waals surface area contributed by atoms with Crippen molar-refractivity contribution in [3.8, 4) is 5.75 Å². The van der Waals surface area contributed by atoms with Gasteiger partial charge in [0.15, 0.2) is 6.61 Å². The molecule has 1 amide bonds. The maximum atomic E-state index is 12.1. The maximum absolute atomic E-state index is 12.1. The molecule has 5 nitrogen and oxygen atoms in total. The minimum absolute atomic E-state index is 0.0819. The SMILES string of the molecule is Cc1ccc(CC(=O)OCC(=O)NCCc2ccc(OC(F)F)cc2)cc1C. The smallest absolute Gasteiger partial charge is 0.387 e. The fraction of sp³-hybridized carbons (Fsp3) is 0.333. The van der Waals surface area contributed by atoms with E-state index in [-0.39, 0.29) is 18.8 Å². The van der Waals surface area contributed by atoms with Crippen molar-refractivity contribution in [1.29, 1.82) is 0 Å². The fourth-order valence-electron chi connectivity index (χ4n) is 2.51. The highest BCUT2D eigenvalue weighted by molar-refractivity contribution is 5.81. The fourth-order valence-corrected chi connectivity index (χ4v) is 2.51. The number of nitrogens with one attached hydrogen (secondary N) is 1. The normalized spacial score (nSPS) is 10.6. The Labute approximate surface area is 162 Å². The molecule has 0 saturated heterocycles. The molecule has 0 radical (unpaired) electrons. The van der Waals surface area contributed by atoms with Crippen LogP contribution in [0.3, 0.4) is 0 Å². The molecular weight excluding hydrogens is 368 g/mol. The second kappa shape index (κ2) is 10.4. The maximum Gasteiger partial charge on any atom is 0.387 e. The topological polar surface area (TPSA) is 64.6 Å². The van der Waals surface area contributed by atoms with Crippen molar-refractivity contribution in [1.82, 2.24) is 5.32 Å². The molecule has 0 aliphatic carbocycles. The van der Waals surface area contributed by atoms with E-state index < -0.39 is 18.5 Å². The molecule has 0 fully saturated rings. The molecule has 2 aromatic rings. The summed E-state index contributed by atoms with van der Waals surface area (Å²) in [4.78, 5) is 23.6. The number of carbonyl (C=O) groups excluding carboxylic acids is 2. The Morgan fingerprint density at radius 2 is 1.68 bits per heavy atom. The van der Waals surface area contributed by atoms with Gasteiger partial charge in [-0.1, -0.05) is 30.3 Å². The van der Waals surface area contributed by atoms with Crippen LogP contribution < -0.4 is 10.1 Å². The number of ether oxygens (including phenoxy) is 2. The molecule has 0 saturated carbocycles. The quantitative estimate of drug-likeness (QED) is 0.666. The van der Waals surface area contributed by atoms with Gasteiger partial charge in [0, 0.05) is 6.54 Å². The van der Waals surface area contributed by atoms with Crippen LogP contribution in [0, 0.1) is 13.8 Å². The van der Waals surface area contributed by atoms with Crippen LogP contribution in [-0.2, 0) is 27.2 Å². The molecule has 0 atom stereocenters. The van der Waals surface area contributed by atoms with E-state index in [4.69, 9.17) is 4.74 Å². The van der Waals surface area contributed by atoms with Crippen LogP contribution in [0.15, 0.2) is 42.5 Å². The highest BCUT2D eigenvalue weighted by atomic mass is 19.3. The van der Waals surface area contributed by atoms with Crippen LogP contribution in [0.4, 0.5) is 8.78 Å². The number of carbonyl (C=O) groups is 2. The summed E-state index contributed by atoms with van der Waals surface area (Å²) in [5.74, 6) is -0.780. The first-order chi connectivity index (χ1) is 13.3. The Balaban J connectivity index is 1.66. The molecule has 1 N–H and O–H groups in total. The monoisotopic (exact) mass is 391 g/mol. The predicted molar refractivity (Wildman–Crippen MR) is 100 cm³/mol. The molecule has 150 valence electrons.